The summed E-state index contributed by atoms with van der Waals surface area (Å²) in [5, 5.41) is 21.0. The molecule has 0 aromatic carbocycles. The number of hydrogen-bond acceptors (Lipinski definition) is 8. The van der Waals surface area contributed by atoms with Crippen LogP contribution in [0.15, 0.2) is 0 Å². The zero-order valence-electron chi connectivity index (χ0n) is 6.84. The summed E-state index contributed by atoms with van der Waals surface area (Å²) in [6.45, 7) is 0. The second-order valence-electron chi connectivity index (χ2n) is 3.09. The Bertz CT molecular complexity index is 255. The Morgan fingerprint density at radius 1 is 0.786 bits per heavy atom. The van der Waals surface area contributed by atoms with Crippen molar-refractivity contribution >= 4 is 0 Å². The maximum Gasteiger partial charge on any atom is 0.296 e. The number of fused-ring (bicyclic) bond motifs is 1. The van der Waals surface area contributed by atoms with E-state index in [-0.39, 0.29) is 0 Å². The topological polar surface area (TPSA) is 134 Å². The first-order valence-electron chi connectivity index (χ1n) is 3.90. The van der Waals surface area contributed by atoms with Gasteiger partial charge in [-0.05, 0) is 0 Å². The summed E-state index contributed by atoms with van der Waals surface area (Å²) < 4.78 is 0. The fourth-order valence-electron chi connectivity index (χ4n) is 1.64. The minimum atomic E-state index is -1.06. The molecule has 14 heavy (non-hydrogen) atoms. The number of nitrogens with one attached hydrogen (secondary N) is 4. The van der Waals surface area contributed by atoms with Gasteiger partial charge in [0.25, 0.3) is 12.3 Å². The van der Waals surface area contributed by atoms with Gasteiger partial charge in [-0.15, -0.1) is 0 Å². The first-order valence-corrected chi connectivity index (χ1v) is 3.90. The van der Waals surface area contributed by atoms with E-state index >= 15 is 0 Å². The molecule has 0 aromatic rings. The molecule has 2 heterocycles. The Balaban J connectivity index is 2.11. The summed E-state index contributed by atoms with van der Waals surface area (Å²) in [6, 6.07) is -1.25. The molecule has 4 atom stereocenters. The smallest absolute Gasteiger partial charge is 0.263 e. The van der Waals surface area contributed by atoms with Crippen LogP contribution in [0.5, 0.6) is 0 Å². The maximum atomic E-state index is 10.5. The minimum Gasteiger partial charge on any atom is -0.263 e. The van der Waals surface area contributed by atoms with E-state index in [0.29, 0.717) is 0 Å². The number of hydrazine groups is 2. The molecular formula is C4H8N6O4. The highest BCUT2D eigenvalue weighted by Gasteiger charge is 2.55. The van der Waals surface area contributed by atoms with Crippen molar-refractivity contribution in [1.82, 2.24) is 21.7 Å². The monoisotopic (exact) mass is 204 g/mol. The lowest BCUT2D eigenvalue weighted by atomic mass is 10.1. The van der Waals surface area contributed by atoms with Crippen molar-refractivity contribution in [3.63, 3.8) is 0 Å². The lowest BCUT2D eigenvalue weighted by molar-refractivity contribution is -0.532. The van der Waals surface area contributed by atoms with E-state index in [0.717, 1.165) is 0 Å². The van der Waals surface area contributed by atoms with E-state index in [1.54, 1.807) is 0 Å². The van der Waals surface area contributed by atoms with Crippen LogP contribution < -0.4 is 21.7 Å². The van der Waals surface area contributed by atoms with Crippen molar-refractivity contribution in [3.05, 3.63) is 20.2 Å². The number of nitro groups is 2. The second kappa shape index (κ2) is 3.09. The van der Waals surface area contributed by atoms with Crippen LogP contribution >= 0.6 is 0 Å². The maximum absolute atomic E-state index is 10.5. The zero-order valence-corrected chi connectivity index (χ0v) is 6.84. The van der Waals surface area contributed by atoms with Gasteiger partial charge in [0, 0.05) is 9.85 Å². The van der Waals surface area contributed by atoms with Gasteiger partial charge in [-0.1, -0.05) is 0 Å². The van der Waals surface area contributed by atoms with Crippen LogP contribution in [-0.2, 0) is 0 Å². The third-order valence-electron chi connectivity index (χ3n) is 2.32. The summed E-state index contributed by atoms with van der Waals surface area (Å²) in [5.74, 6) is 0. The Morgan fingerprint density at radius 2 is 1.14 bits per heavy atom. The van der Waals surface area contributed by atoms with Gasteiger partial charge in [0.2, 0.25) is 0 Å². The Labute approximate surface area is 77.3 Å². The molecule has 0 aromatic heterocycles. The molecule has 2 saturated heterocycles. The predicted molar refractivity (Wildman–Crippen MR) is 41.7 cm³/mol. The van der Waals surface area contributed by atoms with E-state index in [4.69, 9.17) is 0 Å². The van der Waals surface area contributed by atoms with Crippen LogP contribution in [0.25, 0.3) is 0 Å². The van der Waals surface area contributed by atoms with Crippen LogP contribution in [0.3, 0.4) is 0 Å². The van der Waals surface area contributed by atoms with Crippen molar-refractivity contribution in [3.8, 4) is 0 Å². The van der Waals surface area contributed by atoms with Gasteiger partial charge < -0.3 is 0 Å². The van der Waals surface area contributed by atoms with Crippen LogP contribution in [0.2, 0.25) is 0 Å². The molecule has 2 fully saturated rings. The summed E-state index contributed by atoms with van der Waals surface area (Å²) in [6.07, 6.45) is -2.12. The molecule has 0 saturated carbocycles. The third-order valence-corrected chi connectivity index (χ3v) is 2.32. The van der Waals surface area contributed by atoms with Gasteiger partial charge in [-0.3, -0.25) is 20.2 Å². The molecule has 10 heteroatoms. The standard InChI is InChI=1S/C4H8N6O4/c11-9(12)3-1-2(6-7-3)4(8-5-1)10(13)14/h1-8H. The summed E-state index contributed by atoms with van der Waals surface area (Å²) in [7, 11) is 0. The number of rotatable bonds is 2. The normalized spacial score (nSPS) is 40.9. The Morgan fingerprint density at radius 3 is 1.43 bits per heavy atom. The molecular weight excluding hydrogens is 196 g/mol. The molecule has 0 bridgehead atoms. The van der Waals surface area contributed by atoms with Crippen LogP contribution in [0.1, 0.15) is 0 Å². The molecule has 10 nitrogen and oxygen atoms in total. The number of nitrogens with zero attached hydrogens (tertiary/aromatic N) is 2. The number of hydrogen-bond donors (Lipinski definition) is 4. The molecule has 0 radical (unpaired) electrons. The highest BCUT2D eigenvalue weighted by atomic mass is 16.6. The zero-order chi connectivity index (χ0) is 10.3. The summed E-state index contributed by atoms with van der Waals surface area (Å²) >= 11 is 0. The van der Waals surface area contributed by atoms with Crippen molar-refractivity contribution < 1.29 is 9.85 Å². The van der Waals surface area contributed by atoms with E-state index in [1.165, 1.54) is 0 Å². The quantitative estimate of drug-likeness (QED) is 0.279. The summed E-state index contributed by atoms with van der Waals surface area (Å²) in [4.78, 5) is 19.9. The Kier molecular flexibility index (Phi) is 2.03. The van der Waals surface area contributed by atoms with E-state index < -0.39 is 34.3 Å². The molecule has 0 spiro atoms. The van der Waals surface area contributed by atoms with Gasteiger partial charge in [0.05, 0.1) is 0 Å². The van der Waals surface area contributed by atoms with Crippen LogP contribution in [0.4, 0.5) is 0 Å². The predicted octanol–water partition coefficient (Wildman–Crippen LogP) is -2.86. The molecule has 2 aliphatic rings. The van der Waals surface area contributed by atoms with Crippen LogP contribution in [0, 0.1) is 20.2 Å². The van der Waals surface area contributed by atoms with Crippen molar-refractivity contribution in [2.24, 2.45) is 0 Å². The van der Waals surface area contributed by atoms with E-state index in [9.17, 15) is 20.2 Å². The van der Waals surface area contributed by atoms with Crippen molar-refractivity contribution in [1.29, 1.82) is 0 Å². The van der Waals surface area contributed by atoms with E-state index in [1.807, 2.05) is 0 Å². The van der Waals surface area contributed by atoms with Gasteiger partial charge >= 0.3 is 0 Å². The molecule has 78 valence electrons. The fourth-order valence-corrected chi connectivity index (χ4v) is 1.64. The first kappa shape index (κ1) is 9.21. The molecule has 4 unspecified atom stereocenters. The average Bonchev–Trinajstić information content (AvgIpc) is 2.59. The SMILES string of the molecule is O=[N+]([O-])C1NNC2C1NNC2[N+](=O)[O-]. The average molecular weight is 204 g/mol. The minimum absolute atomic E-state index is 0.533. The second-order valence-corrected chi connectivity index (χ2v) is 3.09. The molecule has 2 rings (SSSR count). The molecule has 0 aliphatic carbocycles. The molecule has 2 aliphatic heterocycles. The van der Waals surface area contributed by atoms with Crippen LogP contribution in [-0.4, -0.2) is 34.3 Å². The van der Waals surface area contributed by atoms with Crippen molar-refractivity contribution in [2.45, 2.75) is 24.4 Å². The van der Waals surface area contributed by atoms with E-state index in [2.05, 4.69) is 21.7 Å². The third kappa shape index (κ3) is 1.21. The highest BCUT2D eigenvalue weighted by Crippen LogP contribution is 2.15. The largest absolute Gasteiger partial charge is 0.296 e. The molecule has 4 N–H and O–H groups in total. The highest BCUT2D eigenvalue weighted by molar-refractivity contribution is 4.98. The van der Waals surface area contributed by atoms with Gasteiger partial charge in [0.15, 0.2) is 0 Å². The van der Waals surface area contributed by atoms with Gasteiger partial charge in [-0.25, -0.2) is 10.9 Å². The molecule has 0 amide bonds. The fraction of sp³-hybridized carbons (Fsp3) is 1.00. The van der Waals surface area contributed by atoms with Crippen molar-refractivity contribution in [2.75, 3.05) is 0 Å². The lowest BCUT2D eigenvalue weighted by Crippen LogP contribution is -2.50. The van der Waals surface area contributed by atoms with Gasteiger partial charge in [0.1, 0.15) is 12.1 Å². The first-order chi connectivity index (χ1) is 6.61. The lowest BCUT2D eigenvalue weighted by Gasteiger charge is -2.06. The Hall–Kier alpha value is -1.36. The summed E-state index contributed by atoms with van der Waals surface area (Å²) in [5.41, 5.74) is 9.82. The van der Waals surface area contributed by atoms with Gasteiger partial charge in [-0.2, -0.15) is 10.9 Å².